The Morgan fingerprint density at radius 3 is 1.71 bits per heavy atom. The van der Waals surface area contributed by atoms with Crippen molar-refractivity contribution in [3.8, 4) is 22.3 Å². The fourth-order valence-corrected chi connectivity index (χ4v) is 8.04. The lowest BCUT2D eigenvalue weighted by Crippen LogP contribution is -1.90. The second-order valence-electron chi connectivity index (χ2n) is 11.9. The normalized spacial score (nSPS) is 11.7. The number of aryl methyl sites for hydroxylation is 1. The number of thiophene rings is 1. The molecular formula is C43H29NS. The summed E-state index contributed by atoms with van der Waals surface area (Å²) in [6.45, 7) is 2.23. The topological polar surface area (TPSA) is 12.0 Å². The quantitative estimate of drug-likeness (QED) is 0.215. The zero-order chi connectivity index (χ0) is 29.9. The molecule has 0 amide bonds. The highest BCUT2D eigenvalue weighted by Crippen LogP contribution is 2.44. The zero-order valence-electron chi connectivity index (χ0n) is 24.8. The Balaban J connectivity index is 1.01. The molecule has 1 N–H and O–H groups in total. The molecule has 1 nitrogen and oxygen atoms in total. The third-order valence-corrected chi connectivity index (χ3v) is 10.5. The largest absolute Gasteiger partial charge is 0.354 e. The van der Waals surface area contributed by atoms with Gasteiger partial charge in [-0.2, -0.15) is 0 Å². The van der Waals surface area contributed by atoms with Crippen molar-refractivity contribution in [1.29, 1.82) is 0 Å². The first kappa shape index (κ1) is 26.0. The Hall–Kier alpha value is -5.44. The fourth-order valence-electron chi connectivity index (χ4n) is 6.79. The average Bonchev–Trinajstić information content (AvgIpc) is 3.50. The first-order valence-corrected chi connectivity index (χ1v) is 16.2. The van der Waals surface area contributed by atoms with Crippen LogP contribution in [0.5, 0.6) is 0 Å². The van der Waals surface area contributed by atoms with Crippen molar-refractivity contribution in [3.63, 3.8) is 0 Å². The third-order valence-electron chi connectivity index (χ3n) is 9.10. The van der Waals surface area contributed by atoms with Crippen LogP contribution in [0.25, 0.3) is 74.7 Å². The van der Waals surface area contributed by atoms with E-state index in [1.165, 1.54) is 80.3 Å². The van der Waals surface area contributed by atoms with Gasteiger partial charge in [0.15, 0.2) is 0 Å². The summed E-state index contributed by atoms with van der Waals surface area (Å²) in [4.78, 5) is 0. The summed E-state index contributed by atoms with van der Waals surface area (Å²) >= 11 is 1.89. The Morgan fingerprint density at radius 1 is 0.422 bits per heavy atom. The van der Waals surface area contributed by atoms with Crippen molar-refractivity contribution >= 4 is 75.2 Å². The van der Waals surface area contributed by atoms with Gasteiger partial charge in [0.25, 0.3) is 0 Å². The molecule has 1 aromatic heterocycles. The van der Waals surface area contributed by atoms with Crippen molar-refractivity contribution in [2.24, 2.45) is 0 Å². The minimum atomic E-state index is 1.09. The molecule has 0 saturated heterocycles. The molecule has 1 heterocycles. The molecule has 2 heteroatoms. The highest BCUT2D eigenvalue weighted by Gasteiger charge is 2.14. The number of benzene rings is 8. The first-order valence-electron chi connectivity index (χ1n) is 15.4. The highest BCUT2D eigenvalue weighted by atomic mass is 32.1. The lowest BCUT2D eigenvalue weighted by Gasteiger charge is -2.10. The maximum atomic E-state index is 3.73. The van der Waals surface area contributed by atoms with E-state index in [1.807, 2.05) is 11.3 Å². The van der Waals surface area contributed by atoms with Gasteiger partial charge in [-0.05, 0) is 110 Å². The summed E-state index contributed by atoms with van der Waals surface area (Å²) < 4.78 is 2.67. The second kappa shape index (κ2) is 10.3. The monoisotopic (exact) mass is 591 g/mol. The molecular weight excluding hydrogens is 563 g/mol. The molecule has 9 aromatic rings. The van der Waals surface area contributed by atoms with Gasteiger partial charge in [0.05, 0.1) is 10.4 Å². The summed E-state index contributed by atoms with van der Waals surface area (Å²) in [5.41, 5.74) is 8.50. The summed E-state index contributed by atoms with van der Waals surface area (Å²) in [7, 11) is 0. The Kier molecular flexibility index (Phi) is 5.97. The molecule has 0 unspecified atom stereocenters. The van der Waals surface area contributed by atoms with Gasteiger partial charge in [-0.1, -0.05) is 109 Å². The van der Waals surface area contributed by atoms with E-state index in [0.29, 0.717) is 0 Å². The van der Waals surface area contributed by atoms with Gasteiger partial charge in [0.2, 0.25) is 0 Å². The summed E-state index contributed by atoms with van der Waals surface area (Å²) in [6.07, 6.45) is 0. The van der Waals surface area contributed by atoms with E-state index in [2.05, 4.69) is 164 Å². The van der Waals surface area contributed by atoms with Gasteiger partial charge in [-0.15, -0.1) is 11.3 Å². The predicted octanol–water partition coefficient (Wildman–Crippen LogP) is 12.9. The maximum absolute atomic E-state index is 3.73. The predicted molar refractivity (Wildman–Crippen MR) is 197 cm³/mol. The number of nitrogens with one attached hydrogen (secondary N) is 1. The minimum absolute atomic E-state index is 1.09. The van der Waals surface area contributed by atoms with Gasteiger partial charge < -0.3 is 5.32 Å². The molecule has 9 rings (SSSR count). The number of hydrogen-bond donors (Lipinski definition) is 1. The van der Waals surface area contributed by atoms with Crippen molar-refractivity contribution in [1.82, 2.24) is 0 Å². The van der Waals surface area contributed by atoms with Crippen LogP contribution in [0.15, 0.2) is 152 Å². The van der Waals surface area contributed by atoms with Crippen LogP contribution < -0.4 is 5.32 Å². The van der Waals surface area contributed by atoms with Crippen molar-refractivity contribution < 1.29 is 0 Å². The zero-order valence-corrected chi connectivity index (χ0v) is 25.7. The van der Waals surface area contributed by atoms with Gasteiger partial charge in [-0.3, -0.25) is 0 Å². The molecule has 0 aliphatic carbocycles. The van der Waals surface area contributed by atoms with Crippen LogP contribution in [-0.4, -0.2) is 0 Å². The van der Waals surface area contributed by atoms with E-state index in [1.54, 1.807) is 0 Å². The Labute approximate surface area is 266 Å². The molecule has 0 aliphatic rings. The average molecular weight is 592 g/mol. The number of anilines is 2. The van der Waals surface area contributed by atoms with E-state index < -0.39 is 0 Å². The molecule has 212 valence electrons. The van der Waals surface area contributed by atoms with Crippen LogP contribution in [0.3, 0.4) is 0 Å². The molecule has 0 fully saturated rings. The smallest absolute Gasteiger partial charge is 0.0590 e. The Morgan fingerprint density at radius 2 is 0.978 bits per heavy atom. The summed E-state index contributed by atoms with van der Waals surface area (Å²) in [5, 5.41) is 14.1. The number of rotatable bonds is 4. The lowest BCUT2D eigenvalue weighted by atomic mass is 9.96. The van der Waals surface area contributed by atoms with Crippen molar-refractivity contribution in [3.05, 3.63) is 157 Å². The highest BCUT2D eigenvalue weighted by molar-refractivity contribution is 7.26. The van der Waals surface area contributed by atoms with E-state index in [9.17, 15) is 0 Å². The van der Waals surface area contributed by atoms with Crippen LogP contribution >= 0.6 is 11.3 Å². The van der Waals surface area contributed by atoms with Crippen molar-refractivity contribution in [2.45, 2.75) is 6.92 Å². The molecule has 0 atom stereocenters. The molecule has 0 radical (unpaired) electrons. The SMILES string of the molecule is Cc1cc2ccccc2c2c1sc1c(Nc3ccc(-c4ccc5cc(-c6ccc7ccccc7c6)ccc5c4)cc3)cccc12. The lowest BCUT2D eigenvalue weighted by molar-refractivity contribution is 1.57. The van der Waals surface area contributed by atoms with Crippen LogP contribution in [0.4, 0.5) is 11.4 Å². The van der Waals surface area contributed by atoms with Crippen LogP contribution in [-0.2, 0) is 0 Å². The Bertz CT molecular complexity index is 2570. The third kappa shape index (κ3) is 4.46. The van der Waals surface area contributed by atoms with Gasteiger partial charge in [-0.25, -0.2) is 0 Å². The molecule has 45 heavy (non-hydrogen) atoms. The fraction of sp³-hybridized carbons (Fsp3) is 0.0233. The molecule has 8 aromatic carbocycles. The van der Waals surface area contributed by atoms with Crippen molar-refractivity contribution in [2.75, 3.05) is 5.32 Å². The van der Waals surface area contributed by atoms with Gasteiger partial charge >= 0.3 is 0 Å². The standard InChI is InChI=1S/C43H29NS/c1-27-23-36-9-4-5-10-38(36)41-39-11-6-12-40(43(39)45-42(27)41)44-37-21-19-29(20-22-37)31-15-16-34-26-35(18-17-33(34)25-31)32-14-13-28-7-2-3-8-30(28)24-32/h2-26,44H,1H3. The molecule has 0 bridgehead atoms. The molecule has 0 aliphatic heterocycles. The first-order chi connectivity index (χ1) is 22.2. The van der Waals surface area contributed by atoms with E-state index in [4.69, 9.17) is 0 Å². The number of hydrogen-bond acceptors (Lipinski definition) is 2. The molecule has 0 spiro atoms. The summed E-state index contributed by atoms with van der Waals surface area (Å²) in [5.74, 6) is 0. The van der Waals surface area contributed by atoms with Crippen LogP contribution in [0, 0.1) is 6.92 Å². The van der Waals surface area contributed by atoms with Crippen LogP contribution in [0.2, 0.25) is 0 Å². The van der Waals surface area contributed by atoms with Gasteiger partial charge in [0, 0.05) is 21.2 Å². The maximum Gasteiger partial charge on any atom is 0.0590 e. The number of fused-ring (bicyclic) bond motifs is 7. The van der Waals surface area contributed by atoms with E-state index >= 15 is 0 Å². The summed E-state index contributed by atoms with van der Waals surface area (Å²) in [6, 6.07) is 55.3. The minimum Gasteiger partial charge on any atom is -0.354 e. The van der Waals surface area contributed by atoms with Gasteiger partial charge in [0.1, 0.15) is 0 Å². The van der Waals surface area contributed by atoms with E-state index in [0.717, 1.165) is 11.4 Å². The van der Waals surface area contributed by atoms with E-state index in [-0.39, 0.29) is 0 Å². The van der Waals surface area contributed by atoms with Crippen LogP contribution in [0.1, 0.15) is 5.56 Å². The molecule has 0 saturated carbocycles. The second-order valence-corrected chi connectivity index (χ2v) is 13.0.